The fraction of sp³-hybridized carbons (Fsp3) is 0.529. The first-order chi connectivity index (χ1) is 11.8. The van der Waals surface area contributed by atoms with Gasteiger partial charge in [0.05, 0.1) is 16.2 Å². The molecule has 1 fully saturated rings. The zero-order chi connectivity index (χ0) is 18.6. The van der Waals surface area contributed by atoms with Crippen LogP contribution in [-0.4, -0.2) is 29.4 Å². The lowest BCUT2D eigenvalue weighted by Crippen LogP contribution is -2.45. The van der Waals surface area contributed by atoms with E-state index >= 15 is 0 Å². The Bertz CT molecular complexity index is 676. The summed E-state index contributed by atoms with van der Waals surface area (Å²) in [4.78, 5) is 34.1. The minimum absolute atomic E-state index is 0.00180. The minimum atomic E-state index is -0.785. The summed E-state index contributed by atoms with van der Waals surface area (Å²) in [5.74, 6) is -0.229. The molecule has 8 nitrogen and oxygen atoms in total. The van der Waals surface area contributed by atoms with Gasteiger partial charge < -0.3 is 15.8 Å². The molecule has 3 N–H and O–H groups in total. The Labute approximate surface area is 145 Å². The van der Waals surface area contributed by atoms with E-state index in [4.69, 9.17) is 10.5 Å². The molecule has 1 aromatic carbocycles. The van der Waals surface area contributed by atoms with Crippen LogP contribution in [0.4, 0.5) is 11.4 Å². The summed E-state index contributed by atoms with van der Waals surface area (Å²) in [5.41, 5.74) is 5.37. The molecule has 0 aromatic heterocycles. The third-order valence-corrected chi connectivity index (χ3v) is 4.85. The van der Waals surface area contributed by atoms with Crippen molar-refractivity contribution >= 4 is 23.3 Å². The van der Waals surface area contributed by atoms with Crippen LogP contribution in [0.5, 0.6) is 0 Å². The molecule has 1 saturated carbocycles. The number of non-ortho nitro benzene ring substituents is 1. The number of nitro benzene ring substituents is 1. The van der Waals surface area contributed by atoms with E-state index < -0.39 is 17.5 Å². The van der Waals surface area contributed by atoms with Crippen molar-refractivity contribution in [3.05, 3.63) is 33.9 Å². The molecule has 1 amide bonds. The second kappa shape index (κ2) is 7.96. The summed E-state index contributed by atoms with van der Waals surface area (Å²) in [5, 5.41) is 13.6. The Hall–Kier alpha value is -2.64. The van der Waals surface area contributed by atoms with Gasteiger partial charge in [-0.1, -0.05) is 26.7 Å². The fourth-order valence-corrected chi connectivity index (χ4v) is 3.09. The summed E-state index contributed by atoms with van der Waals surface area (Å²) < 4.78 is 4.97. The van der Waals surface area contributed by atoms with Gasteiger partial charge in [0.15, 0.2) is 6.61 Å². The first kappa shape index (κ1) is 18.7. The van der Waals surface area contributed by atoms with E-state index in [1.54, 1.807) is 0 Å². The Morgan fingerprint density at radius 1 is 1.36 bits per heavy atom. The maximum Gasteiger partial charge on any atom is 0.340 e. The monoisotopic (exact) mass is 349 g/mol. The molecule has 3 atom stereocenters. The van der Waals surface area contributed by atoms with Crippen molar-refractivity contribution in [2.24, 2.45) is 11.8 Å². The lowest BCUT2D eigenvalue weighted by Gasteiger charge is -2.34. The number of nitrogens with two attached hydrogens (primary N) is 1. The number of nitrogens with one attached hydrogen (secondary N) is 1. The van der Waals surface area contributed by atoms with Gasteiger partial charge in [-0.3, -0.25) is 14.9 Å². The molecule has 25 heavy (non-hydrogen) atoms. The van der Waals surface area contributed by atoms with Gasteiger partial charge in [0.1, 0.15) is 0 Å². The van der Waals surface area contributed by atoms with E-state index in [2.05, 4.69) is 19.2 Å². The van der Waals surface area contributed by atoms with Crippen LogP contribution in [-0.2, 0) is 9.53 Å². The number of carbonyl (C=O) groups excluding carboxylic acids is 2. The second-order valence-electron chi connectivity index (χ2n) is 6.55. The number of nitrogens with zero attached hydrogens (tertiary/aromatic N) is 1. The molecule has 0 radical (unpaired) electrons. The van der Waals surface area contributed by atoms with Crippen LogP contribution in [0, 0.1) is 22.0 Å². The highest BCUT2D eigenvalue weighted by atomic mass is 16.6. The number of ether oxygens (including phenoxy) is 1. The zero-order valence-corrected chi connectivity index (χ0v) is 14.4. The quantitative estimate of drug-likeness (QED) is 0.364. The van der Waals surface area contributed by atoms with Gasteiger partial charge >= 0.3 is 5.97 Å². The maximum absolute atomic E-state index is 12.0. The summed E-state index contributed by atoms with van der Waals surface area (Å²) in [6.07, 6.45) is 3.14. The fourth-order valence-electron chi connectivity index (χ4n) is 3.09. The van der Waals surface area contributed by atoms with Crippen molar-refractivity contribution in [2.75, 3.05) is 12.3 Å². The molecule has 0 unspecified atom stereocenters. The summed E-state index contributed by atoms with van der Waals surface area (Å²) in [6.45, 7) is 3.87. The number of hydrogen-bond donors (Lipinski definition) is 2. The predicted molar refractivity (Wildman–Crippen MR) is 91.9 cm³/mol. The molecule has 0 bridgehead atoms. The van der Waals surface area contributed by atoms with Crippen LogP contribution in [0.15, 0.2) is 18.2 Å². The van der Waals surface area contributed by atoms with E-state index in [1.807, 2.05) is 0 Å². The normalized spacial score (nSPS) is 22.9. The largest absolute Gasteiger partial charge is 0.452 e. The molecule has 0 aliphatic heterocycles. The van der Waals surface area contributed by atoms with Crippen LogP contribution in [0.3, 0.4) is 0 Å². The van der Waals surface area contributed by atoms with E-state index in [0.29, 0.717) is 11.8 Å². The topological polar surface area (TPSA) is 125 Å². The molecule has 8 heteroatoms. The van der Waals surface area contributed by atoms with Gasteiger partial charge in [0.25, 0.3) is 11.6 Å². The lowest BCUT2D eigenvalue weighted by molar-refractivity contribution is -0.384. The average Bonchev–Trinajstić information content (AvgIpc) is 2.56. The Morgan fingerprint density at radius 3 is 2.72 bits per heavy atom. The number of anilines is 1. The van der Waals surface area contributed by atoms with Crippen molar-refractivity contribution in [1.82, 2.24) is 5.32 Å². The van der Waals surface area contributed by atoms with Crippen LogP contribution in [0.1, 0.15) is 43.5 Å². The molecular weight excluding hydrogens is 326 g/mol. The predicted octanol–water partition coefficient (Wildman–Crippen LogP) is 2.27. The van der Waals surface area contributed by atoms with Gasteiger partial charge in [0.2, 0.25) is 0 Å². The molecular formula is C17H23N3O5. The summed E-state index contributed by atoms with van der Waals surface area (Å²) in [7, 11) is 0. The van der Waals surface area contributed by atoms with Crippen LogP contribution < -0.4 is 11.1 Å². The van der Waals surface area contributed by atoms with Gasteiger partial charge in [-0.2, -0.15) is 0 Å². The number of rotatable bonds is 5. The Kier molecular flexibility index (Phi) is 5.95. The molecule has 136 valence electrons. The van der Waals surface area contributed by atoms with E-state index in [-0.39, 0.29) is 28.9 Å². The van der Waals surface area contributed by atoms with Crippen molar-refractivity contribution in [2.45, 2.75) is 39.2 Å². The van der Waals surface area contributed by atoms with Gasteiger partial charge in [-0.25, -0.2) is 4.79 Å². The smallest absolute Gasteiger partial charge is 0.340 e. The van der Waals surface area contributed by atoms with Crippen LogP contribution in [0.2, 0.25) is 0 Å². The highest BCUT2D eigenvalue weighted by Gasteiger charge is 2.28. The lowest BCUT2D eigenvalue weighted by atomic mass is 9.78. The van der Waals surface area contributed by atoms with E-state index in [1.165, 1.54) is 6.07 Å². The van der Waals surface area contributed by atoms with Crippen LogP contribution >= 0.6 is 0 Å². The molecule has 0 spiro atoms. The Morgan fingerprint density at radius 2 is 2.08 bits per heavy atom. The molecule has 0 saturated heterocycles. The first-order valence-corrected chi connectivity index (χ1v) is 8.30. The van der Waals surface area contributed by atoms with Crippen molar-refractivity contribution in [3.8, 4) is 0 Å². The van der Waals surface area contributed by atoms with Gasteiger partial charge in [-0.15, -0.1) is 0 Å². The standard InChI is InChI=1S/C17H23N3O5/c1-10-4-3-5-15(11(10)2)19-16(21)9-25-17(22)13-7-6-12(20(23)24)8-14(13)18/h6-8,10-11,15H,3-5,9,18H2,1-2H3,(H,19,21)/t10-,11-,15-/m1/s1. The molecule has 1 aliphatic carbocycles. The number of carbonyl (C=O) groups is 2. The van der Waals surface area contributed by atoms with E-state index in [9.17, 15) is 19.7 Å². The summed E-state index contributed by atoms with van der Waals surface area (Å²) in [6, 6.07) is 3.55. The number of amides is 1. The van der Waals surface area contributed by atoms with Gasteiger partial charge in [-0.05, 0) is 24.3 Å². The second-order valence-corrected chi connectivity index (χ2v) is 6.55. The minimum Gasteiger partial charge on any atom is -0.452 e. The molecule has 1 aromatic rings. The van der Waals surface area contributed by atoms with Crippen LogP contribution in [0.25, 0.3) is 0 Å². The first-order valence-electron chi connectivity index (χ1n) is 8.30. The highest BCUT2D eigenvalue weighted by Crippen LogP contribution is 2.29. The Balaban J connectivity index is 1.89. The van der Waals surface area contributed by atoms with Crippen molar-refractivity contribution in [1.29, 1.82) is 0 Å². The third-order valence-electron chi connectivity index (χ3n) is 4.85. The highest BCUT2D eigenvalue weighted by molar-refractivity contribution is 5.96. The number of nitrogen functional groups attached to an aromatic ring is 1. The summed E-state index contributed by atoms with van der Waals surface area (Å²) >= 11 is 0. The molecule has 0 heterocycles. The average molecular weight is 349 g/mol. The SMILES string of the molecule is C[C@@H]1[C@H](C)CCC[C@H]1NC(=O)COC(=O)c1ccc([N+](=O)[O-])cc1N. The zero-order valence-electron chi connectivity index (χ0n) is 14.4. The van der Waals surface area contributed by atoms with Gasteiger partial charge in [0, 0.05) is 18.2 Å². The number of esters is 1. The third kappa shape index (κ3) is 4.68. The van der Waals surface area contributed by atoms with E-state index in [0.717, 1.165) is 31.4 Å². The van der Waals surface area contributed by atoms with Crippen molar-refractivity contribution < 1.29 is 19.2 Å². The number of benzene rings is 1. The van der Waals surface area contributed by atoms with Crippen molar-refractivity contribution in [3.63, 3.8) is 0 Å². The molecule has 1 aliphatic rings. The maximum atomic E-state index is 12.0. The number of nitro groups is 1. The number of hydrogen-bond acceptors (Lipinski definition) is 6. The molecule has 2 rings (SSSR count).